The van der Waals surface area contributed by atoms with Gasteiger partial charge in [-0.25, -0.2) is 4.39 Å². The lowest BCUT2D eigenvalue weighted by atomic mass is 9.92. The van der Waals surface area contributed by atoms with E-state index in [0.29, 0.717) is 18.0 Å². The first-order chi connectivity index (χ1) is 7.22. The quantitative estimate of drug-likeness (QED) is 0.872. The number of hydrogen-bond acceptors (Lipinski definition) is 1. The fourth-order valence-corrected chi connectivity index (χ4v) is 2.89. The molecule has 3 heteroatoms. The molecule has 0 saturated heterocycles. The molecule has 0 aromatic heterocycles. The molecule has 0 atom stereocenters. The number of benzene rings is 1. The molecule has 1 aromatic rings. The van der Waals surface area contributed by atoms with Gasteiger partial charge in [0.05, 0.1) is 0 Å². The van der Waals surface area contributed by atoms with Crippen molar-refractivity contribution in [2.45, 2.75) is 38.1 Å². The second-order valence-corrected chi connectivity index (χ2v) is 5.06. The second kappa shape index (κ2) is 4.62. The summed E-state index contributed by atoms with van der Waals surface area (Å²) in [6.07, 6.45) is 4.84. The van der Waals surface area contributed by atoms with Crippen molar-refractivity contribution < 1.29 is 4.39 Å². The van der Waals surface area contributed by atoms with Crippen LogP contribution in [-0.2, 0) is 6.54 Å². The van der Waals surface area contributed by atoms with E-state index in [2.05, 4.69) is 15.9 Å². The molecule has 0 spiro atoms. The van der Waals surface area contributed by atoms with Gasteiger partial charge < -0.3 is 5.73 Å². The summed E-state index contributed by atoms with van der Waals surface area (Å²) < 4.78 is 14.5. The van der Waals surface area contributed by atoms with Gasteiger partial charge in [0.1, 0.15) is 5.82 Å². The highest BCUT2D eigenvalue weighted by molar-refractivity contribution is 9.10. The number of hydrogen-bond donors (Lipinski definition) is 1. The first-order valence-electron chi connectivity index (χ1n) is 5.40. The van der Waals surface area contributed by atoms with Crippen LogP contribution < -0.4 is 5.73 Å². The second-order valence-electron chi connectivity index (χ2n) is 4.14. The van der Waals surface area contributed by atoms with Gasteiger partial charge in [-0.3, -0.25) is 0 Å². The highest BCUT2D eigenvalue weighted by Crippen LogP contribution is 2.37. The summed E-state index contributed by atoms with van der Waals surface area (Å²) in [7, 11) is 0. The summed E-state index contributed by atoms with van der Waals surface area (Å²) in [4.78, 5) is 0. The van der Waals surface area contributed by atoms with E-state index >= 15 is 0 Å². The highest BCUT2D eigenvalue weighted by atomic mass is 79.9. The third-order valence-corrected chi connectivity index (χ3v) is 3.65. The standard InChI is InChI=1S/C12H15BrFN/c13-9-5-10(8-3-1-2-4-8)11(7-15)12(14)6-9/h5-6,8H,1-4,7,15H2. The van der Waals surface area contributed by atoms with Crippen molar-refractivity contribution in [3.05, 3.63) is 33.5 Å². The van der Waals surface area contributed by atoms with Crippen LogP contribution in [0.3, 0.4) is 0 Å². The third kappa shape index (κ3) is 2.23. The van der Waals surface area contributed by atoms with E-state index in [0.717, 1.165) is 10.0 Å². The molecular weight excluding hydrogens is 257 g/mol. The summed E-state index contributed by atoms with van der Waals surface area (Å²) in [5.74, 6) is 0.337. The molecule has 2 rings (SSSR count). The van der Waals surface area contributed by atoms with Gasteiger partial charge in [0, 0.05) is 16.6 Å². The molecule has 1 nitrogen and oxygen atoms in total. The van der Waals surface area contributed by atoms with E-state index in [4.69, 9.17) is 5.73 Å². The molecule has 15 heavy (non-hydrogen) atoms. The molecule has 0 heterocycles. The number of nitrogens with two attached hydrogens (primary N) is 1. The zero-order valence-corrected chi connectivity index (χ0v) is 10.2. The Bertz CT molecular complexity index is 359. The van der Waals surface area contributed by atoms with Crippen LogP contribution in [0.5, 0.6) is 0 Å². The molecule has 1 fully saturated rings. The van der Waals surface area contributed by atoms with Gasteiger partial charge in [-0.2, -0.15) is 0 Å². The van der Waals surface area contributed by atoms with Crippen LogP contribution in [0.1, 0.15) is 42.7 Å². The Balaban J connectivity index is 2.42. The van der Waals surface area contributed by atoms with Crippen LogP contribution in [0.15, 0.2) is 16.6 Å². The van der Waals surface area contributed by atoms with E-state index in [1.807, 2.05) is 6.07 Å². The van der Waals surface area contributed by atoms with Gasteiger partial charge in [-0.15, -0.1) is 0 Å². The molecule has 0 aliphatic heterocycles. The summed E-state index contributed by atoms with van der Waals surface area (Å²) in [5, 5.41) is 0. The molecule has 1 aliphatic rings. The summed E-state index contributed by atoms with van der Waals surface area (Å²) >= 11 is 3.34. The Hall–Kier alpha value is -0.410. The largest absolute Gasteiger partial charge is 0.326 e. The van der Waals surface area contributed by atoms with E-state index in [9.17, 15) is 4.39 Å². The maximum Gasteiger partial charge on any atom is 0.129 e. The zero-order chi connectivity index (χ0) is 10.8. The fraction of sp³-hybridized carbons (Fsp3) is 0.500. The average Bonchev–Trinajstić information content (AvgIpc) is 2.69. The normalized spacial score (nSPS) is 17.3. The molecule has 0 bridgehead atoms. The molecule has 2 N–H and O–H groups in total. The summed E-state index contributed by atoms with van der Waals surface area (Å²) in [6, 6.07) is 3.53. The SMILES string of the molecule is NCc1c(F)cc(Br)cc1C1CCCC1. The van der Waals surface area contributed by atoms with Gasteiger partial charge in [0.2, 0.25) is 0 Å². The maximum absolute atomic E-state index is 13.7. The van der Waals surface area contributed by atoms with Crippen molar-refractivity contribution in [1.82, 2.24) is 0 Å². The smallest absolute Gasteiger partial charge is 0.129 e. The minimum absolute atomic E-state index is 0.172. The van der Waals surface area contributed by atoms with Crippen molar-refractivity contribution in [3.8, 4) is 0 Å². The Morgan fingerprint density at radius 2 is 2.00 bits per heavy atom. The van der Waals surface area contributed by atoms with Gasteiger partial charge in [-0.05, 0) is 36.5 Å². The van der Waals surface area contributed by atoms with Gasteiger partial charge in [-0.1, -0.05) is 28.8 Å². The van der Waals surface area contributed by atoms with Crippen molar-refractivity contribution in [2.24, 2.45) is 5.73 Å². The van der Waals surface area contributed by atoms with Crippen LogP contribution in [0, 0.1) is 5.82 Å². The fourth-order valence-electron chi connectivity index (χ4n) is 2.44. The molecule has 0 radical (unpaired) electrons. The van der Waals surface area contributed by atoms with Crippen LogP contribution in [-0.4, -0.2) is 0 Å². The first kappa shape index (κ1) is 11.1. The Morgan fingerprint density at radius 1 is 1.33 bits per heavy atom. The lowest BCUT2D eigenvalue weighted by Crippen LogP contribution is -2.07. The van der Waals surface area contributed by atoms with E-state index < -0.39 is 0 Å². The molecule has 0 unspecified atom stereocenters. The predicted octanol–water partition coefficient (Wildman–Crippen LogP) is 3.70. The van der Waals surface area contributed by atoms with Crippen LogP contribution in [0.2, 0.25) is 0 Å². The topological polar surface area (TPSA) is 26.0 Å². The van der Waals surface area contributed by atoms with Crippen LogP contribution >= 0.6 is 15.9 Å². The Labute approximate surface area is 98.0 Å². The zero-order valence-electron chi connectivity index (χ0n) is 8.60. The molecule has 82 valence electrons. The lowest BCUT2D eigenvalue weighted by molar-refractivity contribution is 0.596. The number of rotatable bonds is 2. The summed E-state index contributed by atoms with van der Waals surface area (Å²) in [6.45, 7) is 0.297. The van der Waals surface area contributed by atoms with Crippen molar-refractivity contribution >= 4 is 15.9 Å². The van der Waals surface area contributed by atoms with Gasteiger partial charge in [0.25, 0.3) is 0 Å². The lowest BCUT2D eigenvalue weighted by Gasteiger charge is -2.15. The Morgan fingerprint density at radius 3 is 2.60 bits per heavy atom. The van der Waals surface area contributed by atoms with Crippen molar-refractivity contribution in [3.63, 3.8) is 0 Å². The van der Waals surface area contributed by atoms with Gasteiger partial charge in [0.15, 0.2) is 0 Å². The highest BCUT2D eigenvalue weighted by Gasteiger charge is 2.21. The maximum atomic E-state index is 13.7. The van der Waals surface area contributed by atoms with E-state index in [1.165, 1.54) is 31.7 Å². The number of halogens is 2. The third-order valence-electron chi connectivity index (χ3n) is 3.19. The molecule has 1 saturated carbocycles. The Kier molecular flexibility index (Phi) is 3.42. The minimum atomic E-state index is -0.172. The molecule has 1 aromatic carbocycles. The van der Waals surface area contributed by atoms with Crippen LogP contribution in [0.25, 0.3) is 0 Å². The summed E-state index contributed by atoms with van der Waals surface area (Å²) in [5.41, 5.74) is 7.43. The molecule has 0 amide bonds. The van der Waals surface area contributed by atoms with Crippen molar-refractivity contribution in [2.75, 3.05) is 0 Å². The molecular formula is C12H15BrFN. The van der Waals surface area contributed by atoms with E-state index in [1.54, 1.807) is 0 Å². The van der Waals surface area contributed by atoms with E-state index in [-0.39, 0.29) is 5.82 Å². The predicted molar refractivity (Wildman–Crippen MR) is 63.2 cm³/mol. The first-order valence-corrected chi connectivity index (χ1v) is 6.19. The van der Waals surface area contributed by atoms with Crippen LogP contribution in [0.4, 0.5) is 4.39 Å². The monoisotopic (exact) mass is 271 g/mol. The average molecular weight is 272 g/mol. The minimum Gasteiger partial charge on any atom is -0.326 e. The van der Waals surface area contributed by atoms with Gasteiger partial charge >= 0.3 is 0 Å². The molecule has 1 aliphatic carbocycles. The van der Waals surface area contributed by atoms with Crippen molar-refractivity contribution in [1.29, 1.82) is 0 Å².